The molecule has 1 aromatic carbocycles. The van der Waals surface area contributed by atoms with Crippen LogP contribution < -0.4 is 4.74 Å². The molecule has 2 rings (SSSR count). The predicted octanol–water partition coefficient (Wildman–Crippen LogP) is 1.19. The van der Waals surface area contributed by atoms with Crippen LogP contribution in [0.5, 0.6) is 5.75 Å². The molecule has 112 valence electrons. The second-order valence-corrected chi connectivity index (χ2v) is 8.26. The normalized spacial score (nSPS) is 18.1. The number of rotatable bonds is 4. The van der Waals surface area contributed by atoms with Gasteiger partial charge in [0, 0.05) is 41.0 Å². The van der Waals surface area contributed by atoms with Crippen molar-refractivity contribution in [3.63, 3.8) is 0 Å². The van der Waals surface area contributed by atoms with E-state index in [4.69, 9.17) is 16.3 Å². The maximum atomic E-state index is 12.5. The lowest BCUT2D eigenvalue weighted by atomic mass is 10.2. The van der Waals surface area contributed by atoms with E-state index in [2.05, 4.69) is 0 Å². The van der Waals surface area contributed by atoms with E-state index in [0.717, 1.165) is 0 Å². The zero-order valence-electron chi connectivity index (χ0n) is 11.0. The van der Waals surface area contributed by atoms with Crippen LogP contribution in [0.4, 0.5) is 0 Å². The van der Waals surface area contributed by atoms with Crippen LogP contribution >= 0.6 is 11.6 Å². The van der Waals surface area contributed by atoms with Crippen molar-refractivity contribution >= 4 is 32.4 Å². The van der Waals surface area contributed by atoms with Crippen molar-refractivity contribution in [1.82, 2.24) is 4.31 Å². The highest BCUT2D eigenvalue weighted by molar-refractivity contribution is 7.89. The minimum Gasteiger partial charge on any atom is -0.496 e. The van der Waals surface area contributed by atoms with E-state index in [1.165, 1.54) is 23.5 Å². The number of hydrogen-bond donors (Lipinski definition) is 0. The summed E-state index contributed by atoms with van der Waals surface area (Å²) in [6.45, 7) is 0.578. The van der Waals surface area contributed by atoms with E-state index >= 15 is 0 Å². The Morgan fingerprint density at radius 1 is 1.35 bits per heavy atom. The van der Waals surface area contributed by atoms with Gasteiger partial charge in [0.2, 0.25) is 10.0 Å². The third-order valence-electron chi connectivity index (χ3n) is 3.17. The molecule has 0 N–H and O–H groups in total. The van der Waals surface area contributed by atoms with Gasteiger partial charge in [-0.3, -0.25) is 4.21 Å². The molecule has 0 amide bonds. The summed E-state index contributed by atoms with van der Waals surface area (Å²) < 4.78 is 42.8. The van der Waals surface area contributed by atoms with E-state index in [-0.39, 0.29) is 23.9 Å². The fourth-order valence-corrected chi connectivity index (χ4v) is 5.02. The lowest BCUT2D eigenvalue weighted by molar-refractivity contribution is 0.410. The predicted molar refractivity (Wildman–Crippen MR) is 79.2 cm³/mol. The Morgan fingerprint density at radius 2 is 2.00 bits per heavy atom. The maximum absolute atomic E-state index is 12.5. The lowest BCUT2D eigenvalue weighted by Crippen LogP contribution is -2.41. The summed E-state index contributed by atoms with van der Waals surface area (Å²) in [5.41, 5.74) is 0.635. The smallest absolute Gasteiger partial charge is 0.243 e. The molecule has 0 bridgehead atoms. The standard InChI is InChI=1S/C12H16ClNO4S2/c1-18-12-3-2-11(8-10(12)9-13)20(16,17)14-4-6-19(15)7-5-14/h2-3,8H,4-7,9H2,1H3. The van der Waals surface area contributed by atoms with Crippen LogP contribution in [0.25, 0.3) is 0 Å². The molecule has 0 aromatic heterocycles. The summed E-state index contributed by atoms with van der Waals surface area (Å²) in [5, 5.41) is 0. The van der Waals surface area contributed by atoms with Crippen molar-refractivity contribution in [2.75, 3.05) is 31.7 Å². The van der Waals surface area contributed by atoms with Gasteiger partial charge >= 0.3 is 0 Å². The van der Waals surface area contributed by atoms with E-state index in [0.29, 0.717) is 22.8 Å². The van der Waals surface area contributed by atoms with E-state index in [1.54, 1.807) is 6.07 Å². The molecule has 8 heteroatoms. The molecular formula is C12H16ClNO4S2. The average Bonchev–Trinajstić information content (AvgIpc) is 2.46. The van der Waals surface area contributed by atoms with Crippen LogP contribution in [0, 0.1) is 0 Å². The molecule has 20 heavy (non-hydrogen) atoms. The number of methoxy groups -OCH3 is 1. The third-order valence-corrected chi connectivity index (χ3v) is 6.63. The Labute approximate surface area is 126 Å². The number of benzene rings is 1. The number of hydrogen-bond acceptors (Lipinski definition) is 4. The number of sulfonamides is 1. The van der Waals surface area contributed by atoms with E-state index in [1.807, 2.05) is 0 Å². The highest BCUT2D eigenvalue weighted by Gasteiger charge is 2.28. The Kier molecular flexibility index (Phi) is 5.06. The fraction of sp³-hybridized carbons (Fsp3) is 0.500. The molecule has 0 radical (unpaired) electrons. The van der Waals surface area contributed by atoms with Gasteiger partial charge in [-0.05, 0) is 18.2 Å². The van der Waals surface area contributed by atoms with E-state index in [9.17, 15) is 12.6 Å². The van der Waals surface area contributed by atoms with Crippen molar-refractivity contribution in [1.29, 1.82) is 0 Å². The third kappa shape index (κ3) is 3.16. The van der Waals surface area contributed by atoms with Crippen molar-refractivity contribution in [2.24, 2.45) is 0 Å². The quantitative estimate of drug-likeness (QED) is 0.774. The first kappa shape index (κ1) is 15.8. The minimum atomic E-state index is -3.56. The van der Waals surface area contributed by atoms with Crippen LogP contribution in [0.15, 0.2) is 23.1 Å². The molecule has 1 aromatic rings. The zero-order valence-corrected chi connectivity index (χ0v) is 13.4. The number of halogens is 1. The molecule has 5 nitrogen and oxygen atoms in total. The highest BCUT2D eigenvalue weighted by Crippen LogP contribution is 2.26. The summed E-state index contributed by atoms with van der Waals surface area (Å²) in [4.78, 5) is 0.196. The molecule has 0 unspecified atom stereocenters. The Morgan fingerprint density at radius 3 is 2.55 bits per heavy atom. The molecule has 0 aliphatic carbocycles. The van der Waals surface area contributed by atoms with Crippen LogP contribution in [0.3, 0.4) is 0 Å². The highest BCUT2D eigenvalue weighted by atomic mass is 35.5. The van der Waals surface area contributed by atoms with Crippen LogP contribution in [-0.2, 0) is 26.7 Å². The van der Waals surface area contributed by atoms with Gasteiger partial charge in [-0.25, -0.2) is 8.42 Å². The summed E-state index contributed by atoms with van der Waals surface area (Å²) >= 11 is 5.81. The van der Waals surface area contributed by atoms with Crippen molar-refractivity contribution < 1.29 is 17.4 Å². The van der Waals surface area contributed by atoms with Gasteiger partial charge in [-0.15, -0.1) is 11.6 Å². The van der Waals surface area contributed by atoms with E-state index < -0.39 is 20.8 Å². The molecule has 1 aliphatic heterocycles. The monoisotopic (exact) mass is 337 g/mol. The van der Waals surface area contributed by atoms with Gasteiger partial charge in [0.05, 0.1) is 17.9 Å². The number of ether oxygens (including phenoxy) is 1. The Balaban J connectivity index is 2.32. The molecule has 1 heterocycles. The lowest BCUT2D eigenvalue weighted by Gasteiger charge is -2.25. The minimum absolute atomic E-state index is 0.177. The Hall–Kier alpha value is -0.630. The average molecular weight is 338 g/mol. The maximum Gasteiger partial charge on any atom is 0.243 e. The zero-order chi connectivity index (χ0) is 14.8. The first-order valence-corrected chi connectivity index (χ1v) is 9.53. The summed E-state index contributed by atoms with van der Waals surface area (Å²) in [6, 6.07) is 4.65. The second-order valence-electron chi connectivity index (χ2n) is 4.36. The van der Waals surface area contributed by atoms with Crippen LogP contribution in [0.2, 0.25) is 0 Å². The molecule has 0 saturated carbocycles. The summed E-state index contributed by atoms with van der Waals surface area (Å²) in [7, 11) is -2.96. The van der Waals surface area contributed by atoms with Crippen molar-refractivity contribution in [3.05, 3.63) is 23.8 Å². The Bertz CT molecular complexity index is 608. The van der Waals surface area contributed by atoms with Gasteiger partial charge in [0.15, 0.2) is 0 Å². The molecule has 0 atom stereocenters. The SMILES string of the molecule is COc1ccc(S(=O)(=O)N2CCS(=O)CC2)cc1CCl. The van der Waals surface area contributed by atoms with Crippen LogP contribution in [-0.4, -0.2) is 48.6 Å². The van der Waals surface area contributed by atoms with Gasteiger partial charge < -0.3 is 4.74 Å². The molecule has 1 fully saturated rings. The second kappa shape index (κ2) is 6.43. The fourth-order valence-electron chi connectivity index (χ4n) is 2.03. The summed E-state index contributed by atoms with van der Waals surface area (Å²) in [6.07, 6.45) is 0. The van der Waals surface area contributed by atoms with Crippen molar-refractivity contribution in [2.45, 2.75) is 10.8 Å². The molecule has 1 aliphatic rings. The van der Waals surface area contributed by atoms with Gasteiger partial charge in [0.25, 0.3) is 0 Å². The first-order chi connectivity index (χ1) is 9.48. The van der Waals surface area contributed by atoms with Crippen LogP contribution in [0.1, 0.15) is 5.56 Å². The summed E-state index contributed by atoms with van der Waals surface area (Å²) in [5.74, 6) is 1.52. The molecule has 0 spiro atoms. The topological polar surface area (TPSA) is 63.7 Å². The largest absolute Gasteiger partial charge is 0.496 e. The molecular weight excluding hydrogens is 322 g/mol. The number of alkyl halides is 1. The molecule has 1 saturated heterocycles. The van der Waals surface area contributed by atoms with Crippen molar-refractivity contribution in [3.8, 4) is 5.75 Å². The van der Waals surface area contributed by atoms with Gasteiger partial charge in [-0.1, -0.05) is 0 Å². The van der Waals surface area contributed by atoms with Gasteiger partial charge in [-0.2, -0.15) is 4.31 Å². The number of nitrogens with zero attached hydrogens (tertiary/aromatic N) is 1. The first-order valence-electron chi connectivity index (χ1n) is 6.07. The van der Waals surface area contributed by atoms with Gasteiger partial charge in [0.1, 0.15) is 5.75 Å².